The van der Waals surface area contributed by atoms with Gasteiger partial charge >= 0.3 is 0 Å². The van der Waals surface area contributed by atoms with Gasteiger partial charge in [-0.1, -0.05) is 12.1 Å². The number of imidazole rings is 1. The highest BCUT2D eigenvalue weighted by Gasteiger charge is 2.37. The van der Waals surface area contributed by atoms with Crippen molar-refractivity contribution >= 4 is 44.1 Å². The second-order valence-electron chi connectivity index (χ2n) is 6.71. The summed E-state index contributed by atoms with van der Waals surface area (Å²) in [6.45, 7) is 0.625. The van der Waals surface area contributed by atoms with E-state index in [1.807, 2.05) is 34.5 Å². The van der Waals surface area contributed by atoms with Gasteiger partial charge in [0.2, 0.25) is 5.91 Å². The molecule has 28 heavy (non-hydrogen) atoms. The van der Waals surface area contributed by atoms with Gasteiger partial charge in [0.15, 0.2) is 0 Å². The molecule has 1 amide bonds. The van der Waals surface area contributed by atoms with E-state index in [0.29, 0.717) is 19.4 Å². The number of thiazole rings is 1. The third-order valence-corrected chi connectivity index (χ3v) is 6.75. The minimum atomic E-state index is -0.347. The first kappa shape index (κ1) is 17.6. The molecule has 0 spiro atoms. The number of furan rings is 1. The number of halogens is 1. The number of aromatic nitrogens is 3. The fourth-order valence-electron chi connectivity index (χ4n) is 3.75. The van der Waals surface area contributed by atoms with Gasteiger partial charge in [0.05, 0.1) is 21.5 Å². The van der Waals surface area contributed by atoms with Gasteiger partial charge in [0.25, 0.3) is 0 Å². The summed E-state index contributed by atoms with van der Waals surface area (Å²) in [6.07, 6.45) is 5.29. The van der Waals surface area contributed by atoms with Crippen molar-refractivity contribution < 1.29 is 9.21 Å². The molecule has 1 atom stereocenters. The van der Waals surface area contributed by atoms with Gasteiger partial charge in [-0.05, 0) is 28.1 Å². The van der Waals surface area contributed by atoms with Crippen LogP contribution in [0.5, 0.6) is 0 Å². The molecule has 5 rings (SSSR count). The van der Waals surface area contributed by atoms with Gasteiger partial charge in [-0.2, -0.15) is 0 Å². The molecule has 6 nitrogen and oxygen atoms in total. The number of carbonyl (C=O) groups excluding carboxylic acids is 1. The maximum Gasteiger partial charge on any atom is 0.223 e. The number of fused-ring (bicyclic) bond motifs is 2. The van der Waals surface area contributed by atoms with Crippen molar-refractivity contribution in [2.45, 2.75) is 25.3 Å². The predicted molar refractivity (Wildman–Crippen MR) is 110 cm³/mol. The Morgan fingerprint density at radius 3 is 3.07 bits per heavy atom. The van der Waals surface area contributed by atoms with E-state index in [1.54, 1.807) is 23.9 Å². The van der Waals surface area contributed by atoms with Crippen LogP contribution in [0.1, 0.15) is 34.6 Å². The van der Waals surface area contributed by atoms with Crippen molar-refractivity contribution in [3.05, 3.63) is 68.8 Å². The first-order chi connectivity index (χ1) is 13.7. The van der Waals surface area contributed by atoms with Crippen molar-refractivity contribution in [2.75, 3.05) is 6.54 Å². The first-order valence-electron chi connectivity index (χ1n) is 9.09. The molecule has 1 aliphatic heterocycles. The van der Waals surface area contributed by atoms with E-state index in [-0.39, 0.29) is 11.9 Å². The molecule has 0 bridgehead atoms. The standard InChI is InChI=1S/C20H17BrN4O2S/c21-17-12-3-1-2-4-14(12)27-20(17)19-18-13(23-11-24-18)7-9-25(19)16(26)6-5-15-22-8-10-28-15/h1-4,8,10-11,19H,5-7,9H2,(H,23,24)/t19-/m1/s1. The van der Waals surface area contributed by atoms with E-state index in [2.05, 4.69) is 30.9 Å². The van der Waals surface area contributed by atoms with Crippen LogP contribution in [0, 0.1) is 0 Å². The third-order valence-electron chi connectivity index (χ3n) is 5.09. The molecule has 4 heterocycles. The van der Waals surface area contributed by atoms with Crippen molar-refractivity contribution in [1.82, 2.24) is 19.9 Å². The summed E-state index contributed by atoms with van der Waals surface area (Å²) in [6, 6.07) is 7.52. The fourth-order valence-corrected chi connectivity index (χ4v) is 5.00. The Hall–Kier alpha value is -2.45. The lowest BCUT2D eigenvalue weighted by atomic mass is 9.99. The summed E-state index contributed by atoms with van der Waals surface area (Å²) in [5.74, 6) is 0.804. The van der Waals surface area contributed by atoms with E-state index < -0.39 is 0 Å². The quantitative estimate of drug-likeness (QED) is 0.490. The highest BCUT2D eigenvalue weighted by Crippen LogP contribution is 2.42. The van der Waals surface area contributed by atoms with Crippen LogP contribution in [0.2, 0.25) is 0 Å². The number of para-hydroxylation sites is 1. The number of hydrogen-bond donors (Lipinski definition) is 1. The highest BCUT2D eigenvalue weighted by atomic mass is 79.9. The van der Waals surface area contributed by atoms with Gasteiger partial charge in [-0.25, -0.2) is 9.97 Å². The van der Waals surface area contributed by atoms with Crippen LogP contribution < -0.4 is 0 Å². The fraction of sp³-hybridized carbons (Fsp3) is 0.250. The summed E-state index contributed by atoms with van der Waals surface area (Å²) < 4.78 is 7.07. The van der Waals surface area contributed by atoms with Crippen molar-refractivity contribution in [3.8, 4) is 0 Å². The molecule has 0 fully saturated rings. The number of nitrogens with one attached hydrogen (secondary N) is 1. The van der Waals surface area contributed by atoms with E-state index in [1.165, 1.54) is 0 Å². The molecule has 0 radical (unpaired) electrons. The lowest BCUT2D eigenvalue weighted by Gasteiger charge is -2.34. The van der Waals surface area contributed by atoms with Gasteiger partial charge in [0, 0.05) is 48.5 Å². The minimum absolute atomic E-state index is 0.0845. The smallest absolute Gasteiger partial charge is 0.223 e. The molecule has 1 aromatic carbocycles. The predicted octanol–water partition coefficient (Wildman–Crippen LogP) is 4.48. The van der Waals surface area contributed by atoms with Crippen LogP contribution in [0.15, 0.2) is 51.1 Å². The Balaban J connectivity index is 1.53. The van der Waals surface area contributed by atoms with Crippen LogP contribution in [0.25, 0.3) is 11.0 Å². The number of aryl methyl sites for hydroxylation is 1. The molecular weight excluding hydrogens is 440 g/mol. The molecule has 1 N–H and O–H groups in total. The molecule has 8 heteroatoms. The molecule has 0 unspecified atom stereocenters. The summed E-state index contributed by atoms with van der Waals surface area (Å²) in [5, 5.41) is 3.91. The number of aromatic amines is 1. The Morgan fingerprint density at radius 1 is 1.36 bits per heavy atom. The zero-order valence-electron chi connectivity index (χ0n) is 14.9. The molecule has 3 aromatic heterocycles. The molecule has 0 aliphatic carbocycles. The minimum Gasteiger partial charge on any atom is -0.457 e. The Kier molecular flexibility index (Phi) is 4.52. The average Bonchev–Trinajstić information content (AvgIpc) is 3.46. The molecule has 0 saturated carbocycles. The number of amides is 1. The van der Waals surface area contributed by atoms with Gasteiger partial charge in [0.1, 0.15) is 17.4 Å². The van der Waals surface area contributed by atoms with E-state index >= 15 is 0 Å². The van der Waals surface area contributed by atoms with E-state index in [0.717, 1.165) is 44.0 Å². The van der Waals surface area contributed by atoms with Crippen LogP contribution in [-0.2, 0) is 17.6 Å². The second kappa shape index (κ2) is 7.18. The first-order valence-corrected chi connectivity index (χ1v) is 10.8. The zero-order valence-corrected chi connectivity index (χ0v) is 17.3. The second-order valence-corrected chi connectivity index (χ2v) is 8.48. The number of carbonyl (C=O) groups is 1. The maximum absolute atomic E-state index is 13.1. The van der Waals surface area contributed by atoms with Gasteiger partial charge in [-0.15, -0.1) is 11.3 Å². The third kappa shape index (κ3) is 2.97. The number of hydrogen-bond acceptors (Lipinski definition) is 5. The Morgan fingerprint density at radius 2 is 2.25 bits per heavy atom. The Bertz CT molecular complexity index is 1130. The molecule has 0 saturated heterocycles. The zero-order chi connectivity index (χ0) is 19.1. The summed E-state index contributed by atoms with van der Waals surface area (Å²) in [4.78, 5) is 27.1. The topological polar surface area (TPSA) is 75.0 Å². The van der Waals surface area contributed by atoms with Crippen molar-refractivity contribution in [3.63, 3.8) is 0 Å². The highest BCUT2D eigenvalue weighted by molar-refractivity contribution is 9.10. The van der Waals surface area contributed by atoms with E-state index in [4.69, 9.17) is 4.42 Å². The number of nitrogens with zero attached hydrogens (tertiary/aromatic N) is 3. The van der Waals surface area contributed by atoms with Gasteiger partial charge < -0.3 is 14.3 Å². The van der Waals surface area contributed by atoms with Crippen LogP contribution >= 0.6 is 27.3 Å². The number of H-pyrrole nitrogens is 1. The van der Waals surface area contributed by atoms with Crippen LogP contribution in [0.3, 0.4) is 0 Å². The molecule has 4 aromatic rings. The van der Waals surface area contributed by atoms with Crippen LogP contribution in [0.4, 0.5) is 0 Å². The largest absolute Gasteiger partial charge is 0.457 e. The molecule has 142 valence electrons. The average molecular weight is 457 g/mol. The number of rotatable bonds is 4. The van der Waals surface area contributed by atoms with Crippen molar-refractivity contribution in [1.29, 1.82) is 0 Å². The SMILES string of the molecule is O=C(CCc1nccs1)N1CCc2[nH]cnc2[C@@H]1c1oc2ccccc2c1Br. The summed E-state index contributed by atoms with van der Waals surface area (Å²) >= 11 is 5.28. The lowest BCUT2D eigenvalue weighted by molar-refractivity contribution is -0.133. The maximum atomic E-state index is 13.1. The van der Waals surface area contributed by atoms with Crippen molar-refractivity contribution in [2.24, 2.45) is 0 Å². The molecule has 1 aliphatic rings. The monoisotopic (exact) mass is 456 g/mol. The Labute approximate surface area is 173 Å². The normalized spacial score (nSPS) is 16.5. The number of benzene rings is 1. The molecular formula is C20H17BrN4O2S. The lowest BCUT2D eigenvalue weighted by Crippen LogP contribution is -2.40. The van der Waals surface area contributed by atoms with Gasteiger partial charge in [-0.3, -0.25) is 4.79 Å². The summed E-state index contributed by atoms with van der Waals surface area (Å²) in [5.41, 5.74) is 2.71. The van der Waals surface area contributed by atoms with Crippen LogP contribution in [-0.4, -0.2) is 32.3 Å². The summed E-state index contributed by atoms with van der Waals surface area (Å²) in [7, 11) is 0. The van der Waals surface area contributed by atoms with E-state index in [9.17, 15) is 4.79 Å².